The summed E-state index contributed by atoms with van der Waals surface area (Å²) in [6.07, 6.45) is 4.85. The monoisotopic (exact) mass is 339 g/mol. The van der Waals surface area contributed by atoms with Crippen LogP contribution in [0.4, 0.5) is 4.39 Å². The first-order valence-electron chi connectivity index (χ1n) is 6.83. The van der Waals surface area contributed by atoms with Crippen LogP contribution in [0.5, 0.6) is 0 Å². The van der Waals surface area contributed by atoms with Gasteiger partial charge in [0.1, 0.15) is 5.82 Å². The number of benzene rings is 1. The zero-order valence-corrected chi connectivity index (χ0v) is 13.3. The van der Waals surface area contributed by atoms with E-state index in [1.807, 2.05) is 18.5 Å². The SMILES string of the molecule is CCNC(CC)c1cnn(Cc2ccc(Br)cc2F)c1. The zero-order chi connectivity index (χ0) is 14.5. The minimum Gasteiger partial charge on any atom is -0.310 e. The van der Waals surface area contributed by atoms with Crippen LogP contribution in [0.3, 0.4) is 0 Å². The summed E-state index contributed by atoms with van der Waals surface area (Å²) >= 11 is 3.26. The third-order valence-electron chi connectivity index (χ3n) is 3.26. The maximum atomic E-state index is 13.8. The van der Waals surface area contributed by atoms with Crippen LogP contribution in [0, 0.1) is 5.82 Å². The number of hydrogen-bond acceptors (Lipinski definition) is 2. The van der Waals surface area contributed by atoms with Crippen molar-refractivity contribution >= 4 is 15.9 Å². The van der Waals surface area contributed by atoms with Gasteiger partial charge in [0, 0.05) is 27.8 Å². The molecular formula is C15H19BrFN3. The summed E-state index contributed by atoms with van der Waals surface area (Å²) in [7, 11) is 0. The molecule has 1 atom stereocenters. The molecule has 0 saturated carbocycles. The maximum absolute atomic E-state index is 13.8. The van der Waals surface area contributed by atoms with E-state index in [-0.39, 0.29) is 5.82 Å². The first kappa shape index (κ1) is 15.2. The molecule has 20 heavy (non-hydrogen) atoms. The second kappa shape index (κ2) is 6.99. The molecule has 0 aliphatic rings. The van der Waals surface area contributed by atoms with Gasteiger partial charge in [0.05, 0.1) is 12.7 Å². The lowest BCUT2D eigenvalue weighted by Crippen LogP contribution is -2.19. The molecule has 0 radical (unpaired) electrons. The smallest absolute Gasteiger partial charge is 0.129 e. The molecular weight excluding hydrogens is 321 g/mol. The van der Waals surface area contributed by atoms with Gasteiger partial charge in [0.15, 0.2) is 0 Å². The minimum atomic E-state index is -0.213. The topological polar surface area (TPSA) is 29.9 Å². The van der Waals surface area contributed by atoms with Crippen LogP contribution in [0.1, 0.15) is 37.4 Å². The number of rotatable bonds is 6. The van der Waals surface area contributed by atoms with Gasteiger partial charge in [-0.2, -0.15) is 5.10 Å². The van der Waals surface area contributed by atoms with Crippen LogP contribution in [0.15, 0.2) is 35.1 Å². The molecule has 0 aliphatic carbocycles. The molecule has 0 bridgehead atoms. The molecule has 3 nitrogen and oxygen atoms in total. The van der Waals surface area contributed by atoms with Gasteiger partial charge in [0.25, 0.3) is 0 Å². The lowest BCUT2D eigenvalue weighted by Gasteiger charge is -2.13. The van der Waals surface area contributed by atoms with E-state index in [1.165, 1.54) is 6.07 Å². The Morgan fingerprint density at radius 2 is 2.20 bits per heavy atom. The van der Waals surface area contributed by atoms with Crippen molar-refractivity contribution in [3.05, 3.63) is 52.0 Å². The van der Waals surface area contributed by atoms with Crippen LogP contribution >= 0.6 is 15.9 Å². The molecule has 108 valence electrons. The molecule has 1 heterocycles. The fourth-order valence-corrected chi connectivity index (χ4v) is 2.55. The second-order valence-corrected chi connectivity index (χ2v) is 5.64. The fourth-order valence-electron chi connectivity index (χ4n) is 2.21. The van der Waals surface area contributed by atoms with Crippen LogP contribution in [-0.2, 0) is 6.54 Å². The summed E-state index contributed by atoms with van der Waals surface area (Å²) in [5.74, 6) is -0.213. The van der Waals surface area contributed by atoms with Gasteiger partial charge in [-0.25, -0.2) is 4.39 Å². The molecule has 0 spiro atoms. The molecule has 2 aromatic rings. The van der Waals surface area contributed by atoms with Gasteiger partial charge < -0.3 is 5.32 Å². The number of nitrogens with one attached hydrogen (secondary N) is 1. The van der Waals surface area contributed by atoms with Gasteiger partial charge in [-0.15, -0.1) is 0 Å². The number of halogens is 2. The Bertz CT molecular complexity index is 568. The van der Waals surface area contributed by atoms with Crippen molar-refractivity contribution in [1.82, 2.24) is 15.1 Å². The number of aromatic nitrogens is 2. The molecule has 1 aromatic heterocycles. The standard InChI is InChI=1S/C15H19BrFN3/c1-3-15(18-4-2)12-8-19-20(10-12)9-11-5-6-13(16)7-14(11)17/h5-8,10,15,18H,3-4,9H2,1-2H3. The highest BCUT2D eigenvalue weighted by Crippen LogP contribution is 2.18. The molecule has 1 N–H and O–H groups in total. The summed E-state index contributed by atoms with van der Waals surface area (Å²) in [6.45, 7) is 5.59. The van der Waals surface area contributed by atoms with E-state index >= 15 is 0 Å². The molecule has 0 aliphatic heterocycles. The molecule has 0 saturated heterocycles. The lowest BCUT2D eigenvalue weighted by atomic mass is 10.1. The molecule has 1 aromatic carbocycles. The van der Waals surface area contributed by atoms with E-state index in [9.17, 15) is 4.39 Å². The Morgan fingerprint density at radius 3 is 2.85 bits per heavy atom. The average Bonchev–Trinajstić information content (AvgIpc) is 2.87. The highest BCUT2D eigenvalue weighted by Gasteiger charge is 2.11. The van der Waals surface area contributed by atoms with E-state index in [0.717, 1.165) is 23.0 Å². The fraction of sp³-hybridized carbons (Fsp3) is 0.400. The van der Waals surface area contributed by atoms with Crippen molar-refractivity contribution in [3.8, 4) is 0 Å². The van der Waals surface area contributed by atoms with Crippen molar-refractivity contribution < 1.29 is 4.39 Å². The third-order valence-corrected chi connectivity index (χ3v) is 3.76. The molecule has 5 heteroatoms. The molecule has 0 fully saturated rings. The highest BCUT2D eigenvalue weighted by atomic mass is 79.9. The van der Waals surface area contributed by atoms with E-state index in [0.29, 0.717) is 18.2 Å². The average molecular weight is 340 g/mol. The van der Waals surface area contributed by atoms with Crippen molar-refractivity contribution in [3.63, 3.8) is 0 Å². The summed E-state index contributed by atoms with van der Waals surface area (Å²) in [5.41, 5.74) is 1.78. The van der Waals surface area contributed by atoms with Crippen molar-refractivity contribution in [2.75, 3.05) is 6.54 Å². The van der Waals surface area contributed by atoms with Crippen molar-refractivity contribution in [2.24, 2.45) is 0 Å². The van der Waals surface area contributed by atoms with Crippen LogP contribution < -0.4 is 5.32 Å². The van der Waals surface area contributed by atoms with Crippen LogP contribution in [-0.4, -0.2) is 16.3 Å². The summed E-state index contributed by atoms with van der Waals surface area (Å²) < 4.78 is 16.3. The Labute approximate surface area is 127 Å². The van der Waals surface area contributed by atoms with Crippen LogP contribution in [0.2, 0.25) is 0 Å². The van der Waals surface area contributed by atoms with Gasteiger partial charge in [-0.3, -0.25) is 4.68 Å². The third kappa shape index (κ3) is 3.67. The first-order chi connectivity index (χ1) is 9.63. The molecule has 2 rings (SSSR count). The Balaban J connectivity index is 2.12. The van der Waals surface area contributed by atoms with E-state index in [4.69, 9.17) is 0 Å². The van der Waals surface area contributed by atoms with Gasteiger partial charge in [-0.05, 0) is 25.1 Å². The Hall–Kier alpha value is -1.20. The summed E-state index contributed by atoms with van der Waals surface area (Å²) in [4.78, 5) is 0. The van der Waals surface area contributed by atoms with E-state index < -0.39 is 0 Å². The second-order valence-electron chi connectivity index (χ2n) is 4.73. The Morgan fingerprint density at radius 1 is 1.40 bits per heavy atom. The number of hydrogen-bond donors (Lipinski definition) is 1. The summed E-state index contributed by atoms with van der Waals surface area (Å²) in [5, 5.41) is 7.74. The van der Waals surface area contributed by atoms with Gasteiger partial charge in [-0.1, -0.05) is 35.8 Å². The number of nitrogens with zero attached hydrogens (tertiary/aromatic N) is 2. The van der Waals surface area contributed by atoms with Crippen molar-refractivity contribution in [1.29, 1.82) is 0 Å². The summed E-state index contributed by atoms with van der Waals surface area (Å²) in [6, 6.07) is 5.41. The predicted octanol–water partition coefficient (Wildman–Crippen LogP) is 3.89. The van der Waals surface area contributed by atoms with Gasteiger partial charge >= 0.3 is 0 Å². The molecule has 1 unspecified atom stereocenters. The van der Waals surface area contributed by atoms with Gasteiger partial charge in [0.2, 0.25) is 0 Å². The Kier molecular flexibility index (Phi) is 5.31. The molecule has 0 amide bonds. The van der Waals surface area contributed by atoms with E-state index in [2.05, 4.69) is 40.2 Å². The lowest BCUT2D eigenvalue weighted by molar-refractivity contribution is 0.536. The zero-order valence-electron chi connectivity index (χ0n) is 11.7. The predicted molar refractivity (Wildman–Crippen MR) is 82.1 cm³/mol. The largest absolute Gasteiger partial charge is 0.310 e. The first-order valence-corrected chi connectivity index (χ1v) is 7.63. The minimum absolute atomic E-state index is 0.213. The van der Waals surface area contributed by atoms with E-state index in [1.54, 1.807) is 10.7 Å². The highest BCUT2D eigenvalue weighted by molar-refractivity contribution is 9.10. The van der Waals surface area contributed by atoms with Crippen LogP contribution in [0.25, 0.3) is 0 Å². The normalized spacial score (nSPS) is 12.6. The quantitative estimate of drug-likeness (QED) is 0.865. The maximum Gasteiger partial charge on any atom is 0.129 e. The van der Waals surface area contributed by atoms with Crippen molar-refractivity contribution in [2.45, 2.75) is 32.9 Å².